The quantitative estimate of drug-likeness (QED) is 0.825. The van der Waals surface area contributed by atoms with Gasteiger partial charge in [-0.15, -0.1) is 0 Å². The standard InChI is InChI=1S/C24H35N3O3/c1-24(2,3)23(30)26-14-11-20(12-15-26)25-22(29)19-10-7-13-27(17-19)21(28)16-18-8-5-4-6-9-18/h4-6,8-9,19-20H,7,10-17H2,1-3H3,(H,25,29). The van der Waals surface area contributed by atoms with Crippen LogP contribution >= 0.6 is 0 Å². The van der Waals surface area contributed by atoms with E-state index < -0.39 is 0 Å². The SMILES string of the molecule is CC(C)(C)C(=O)N1CCC(NC(=O)C2CCCN(C(=O)Cc3ccccc3)C2)CC1. The van der Waals surface area contributed by atoms with Crippen LogP contribution in [0.15, 0.2) is 30.3 Å². The van der Waals surface area contributed by atoms with Crippen molar-refractivity contribution >= 4 is 17.7 Å². The van der Waals surface area contributed by atoms with Crippen LogP contribution in [0.3, 0.4) is 0 Å². The molecule has 164 valence electrons. The summed E-state index contributed by atoms with van der Waals surface area (Å²) in [6.45, 7) is 8.42. The van der Waals surface area contributed by atoms with Crippen LogP contribution in [-0.4, -0.2) is 59.7 Å². The molecule has 0 aromatic heterocycles. The summed E-state index contributed by atoms with van der Waals surface area (Å²) in [5.41, 5.74) is 0.638. The van der Waals surface area contributed by atoms with Gasteiger partial charge in [-0.25, -0.2) is 0 Å². The molecule has 2 saturated heterocycles. The van der Waals surface area contributed by atoms with Crippen molar-refractivity contribution in [2.24, 2.45) is 11.3 Å². The molecule has 3 amide bonds. The second kappa shape index (κ2) is 9.63. The van der Waals surface area contributed by atoms with Crippen LogP contribution in [0.25, 0.3) is 0 Å². The van der Waals surface area contributed by atoms with Crippen molar-refractivity contribution in [1.82, 2.24) is 15.1 Å². The van der Waals surface area contributed by atoms with Crippen LogP contribution in [-0.2, 0) is 20.8 Å². The first kappa shape index (κ1) is 22.3. The number of nitrogens with zero attached hydrogens (tertiary/aromatic N) is 2. The first-order valence-electron chi connectivity index (χ1n) is 11.2. The zero-order valence-electron chi connectivity index (χ0n) is 18.5. The lowest BCUT2D eigenvalue weighted by Crippen LogP contribution is -2.52. The molecule has 0 spiro atoms. The molecular formula is C24H35N3O3. The minimum atomic E-state index is -0.367. The highest BCUT2D eigenvalue weighted by Gasteiger charge is 2.33. The van der Waals surface area contributed by atoms with Gasteiger partial charge in [0.05, 0.1) is 12.3 Å². The second-order valence-electron chi connectivity index (χ2n) is 9.67. The lowest BCUT2D eigenvalue weighted by Gasteiger charge is -2.37. The molecule has 2 fully saturated rings. The molecule has 1 N–H and O–H groups in total. The summed E-state index contributed by atoms with van der Waals surface area (Å²) in [6, 6.07) is 9.85. The van der Waals surface area contributed by atoms with Gasteiger partial charge in [0, 0.05) is 37.6 Å². The van der Waals surface area contributed by atoms with Crippen molar-refractivity contribution in [2.45, 2.75) is 58.9 Å². The summed E-state index contributed by atoms with van der Waals surface area (Å²) < 4.78 is 0. The Bertz CT molecular complexity index is 749. The van der Waals surface area contributed by atoms with Gasteiger partial charge in [-0.2, -0.15) is 0 Å². The van der Waals surface area contributed by atoms with Gasteiger partial charge >= 0.3 is 0 Å². The molecule has 1 atom stereocenters. The number of likely N-dealkylation sites (tertiary alicyclic amines) is 2. The lowest BCUT2D eigenvalue weighted by molar-refractivity contribution is -0.140. The third kappa shape index (κ3) is 5.83. The summed E-state index contributed by atoms with van der Waals surface area (Å²) in [7, 11) is 0. The van der Waals surface area contributed by atoms with Crippen LogP contribution < -0.4 is 5.32 Å². The molecular weight excluding hydrogens is 378 g/mol. The van der Waals surface area contributed by atoms with Gasteiger partial charge in [0.1, 0.15) is 0 Å². The Morgan fingerprint density at radius 3 is 2.27 bits per heavy atom. The van der Waals surface area contributed by atoms with Crippen LogP contribution in [0.2, 0.25) is 0 Å². The molecule has 0 aliphatic carbocycles. The van der Waals surface area contributed by atoms with Gasteiger partial charge in [0.15, 0.2) is 0 Å². The van der Waals surface area contributed by atoms with Crippen molar-refractivity contribution in [3.63, 3.8) is 0 Å². The molecule has 1 aromatic carbocycles. The Morgan fingerprint density at radius 2 is 1.63 bits per heavy atom. The summed E-state index contributed by atoms with van der Waals surface area (Å²) in [6.07, 6.45) is 3.64. The molecule has 2 aliphatic heterocycles. The van der Waals surface area contributed by atoms with Crippen molar-refractivity contribution in [3.05, 3.63) is 35.9 Å². The molecule has 6 heteroatoms. The second-order valence-corrected chi connectivity index (χ2v) is 9.67. The highest BCUT2D eigenvalue weighted by atomic mass is 16.2. The first-order chi connectivity index (χ1) is 14.2. The highest BCUT2D eigenvalue weighted by Crippen LogP contribution is 2.22. The Hall–Kier alpha value is -2.37. The van der Waals surface area contributed by atoms with Gasteiger partial charge < -0.3 is 15.1 Å². The summed E-state index contributed by atoms with van der Waals surface area (Å²) in [4.78, 5) is 41.7. The molecule has 0 saturated carbocycles. The normalized spacial score (nSPS) is 20.7. The minimum absolute atomic E-state index is 0.0489. The van der Waals surface area contributed by atoms with Crippen LogP contribution in [0, 0.1) is 11.3 Å². The number of piperidine rings is 2. The molecule has 0 radical (unpaired) electrons. The topological polar surface area (TPSA) is 69.7 Å². The Morgan fingerprint density at radius 1 is 0.967 bits per heavy atom. The molecule has 2 heterocycles. The fraction of sp³-hybridized carbons (Fsp3) is 0.625. The van der Waals surface area contributed by atoms with Crippen molar-refractivity contribution in [2.75, 3.05) is 26.2 Å². The summed E-state index contributed by atoms with van der Waals surface area (Å²) in [5, 5.41) is 3.18. The van der Waals surface area contributed by atoms with Crippen molar-refractivity contribution in [1.29, 1.82) is 0 Å². The lowest BCUT2D eigenvalue weighted by atomic mass is 9.92. The average molecular weight is 414 g/mol. The van der Waals surface area contributed by atoms with Gasteiger partial charge in [-0.3, -0.25) is 14.4 Å². The van der Waals surface area contributed by atoms with E-state index in [1.165, 1.54) is 0 Å². The summed E-state index contributed by atoms with van der Waals surface area (Å²) >= 11 is 0. The number of nitrogens with one attached hydrogen (secondary N) is 1. The van der Waals surface area contributed by atoms with Crippen LogP contribution in [0.5, 0.6) is 0 Å². The average Bonchev–Trinajstić information content (AvgIpc) is 2.74. The maximum atomic E-state index is 12.8. The van der Waals surface area contributed by atoms with Crippen LogP contribution in [0.4, 0.5) is 0 Å². The molecule has 2 aliphatic rings. The predicted molar refractivity (Wildman–Crippen MR) is 117 cm³/mol. The third-order valence-corrected chi connectivity index (χ3v) is 6.11. The maximum Gasteiger partial charge on any atom is 0.227 e. The van der Waals surface area contributed by atoms with E-state index in [-0.39, 0.29) is 35.1 Å². The fourth-order valence-electron chi connectivity index (χ4n) is 4.32. The van der Waals surface area contributed by atoms with E-state index in [1.807, 2.05) is 60.9 Å². The number of carbonyl (C=O) groups is 3. The predicted octanol–water partition coefficient (Wildman–Crippen LogP) is 2.62. The summed E-state index contributed by atoms with van der Waals surface area (Å²) in [5.74, 6) is 0.167. The molecule has 1 unspecified atom stereocenters. The van der Waals surface area contributed by atoms with E-state index in [0.717, 1.165) is 37.8 Å². The fourth-order valence-corrected chi connectivity index (χ4v) is 4.32. The van der Waals surface area contributed by atoms with E-state index in [9.17, 15) is 14.4 Å². The van der Waals surface area contributed by atoms with Crippen LogP contribution in [0.1, 0.15) is 52.0 Å². The smallest absolute Gasteiger partial charge is 0.227 e. The number of amides is 3. The number of hydrogen-bond donors (Lipinski definition) is 1. The zero-order valence-corrected chi connectivity index (χ0v) is 18.5. The van der Waals surface area contributed by atoms with E-state index >= 15 is 0 Å². The number of carbonyl (C=O) groups excluding carboxylic acids is 3. The Kier molecular flexibility index (Phi) is 7.16. The molecule has 6 nitrogen and oxygen atoms in total. The van der Waals surface area contributed by atoms with Gasteiger partial charge in [-0.1, -0.05) is 51.1 Å². The molecule has 3 rings (SSSR count). The zero-order chi connectivity index (χ0) is 21.7. The van der Waals surface area contributed by atoms with Gasteiger partial charge in [0.25, 0.3) is 0 Å². The Balaban J connectivity index is 1.46. The van der Waals surface area contributed by atoms with Crippen molar-refractivity contribution < 1.29 is 14.4 Å². The third-order valence-electron chi connectivity index (χ3n) is 6.11. The molecule has 30 heavy (non-hydrogen) atoms. The van der Waals surface area contributed by atoms with E-state index in [4.69, 9.17) is 0 Å². The number of rotatable bonds is 4. The first-order valence-corrected chi connectivity index (χ1v) is 11.2. The maximum absolute atomic E-state index is 12.8. The number of hydrogen-bond acceptors (Lipinski definition) is 3. The van der Waals surface area contributed by atoms with Gasteiger partial charge in [0.2, 0.25) is 17.7 Å². The van der Waals surface area contributed by atoms with Crippen molar-refractivity contribution in [3.8, 4) is 0 Å². The highest BCUT2D eigenvalue weighted by molar-refractivity contribution is 5.83. The Labute approximate surface area is 180 Å². The van der Waals surface area contributed by atoms with E-state index in [2.05, 4.69) is 5.32 Å². The van der Waals surface area contributed by atoms with E-state index in [0.29, 0.717) is 26.1 Å². The molecule has 1 aromatic rings. The molecule has 0 bridgehead atoms. The van der Waals surface area contributed by atoms with Gasteiger partial charge in [-0.05, 0) is 31.2 Å². The largest absolute Gasteiger partial charge is 0.353 e. The monoisotopic (exact) mass is 413 g/mol. The minimum Gasteiger partial charge on any atom is -0.353 e. The number of benzene rings is 1. The van der Waals surface area contributed by atoms with E-state index in [1.54, 1.807) is 0 Å².